The molecule has 0 radical (unpaired) electrons. The number of hydrogen-bond acceptors (Lipinski definition) is 1. The maximum atomic E-state index is 12.0. The highest BCUT2D eigenvalue weighted by atomic mass is 79.9. The summed E-state index contributed by atoms with van der Waals surface area (Å²) in [7, 11) is 1.84. The number of rotatable bonds is 1. The number of halogens is 1. The summed E-state index contributed by atoms with van der Waals surface area (Å²) < 4.78 is 1.02. The van der Waals surface area contributed by atoms with Gasteiger partial charge in [0.15, 0.2) is 0 Å². The zero-order valence-corrected chi connectivity index (χ0v) is 10.7. The molecule has 0 N–H and O–H groups in total. The first-order valence-corrected chi connectivity index (χ1v) is 5.88. The molecule has 1 heterocycles. The quantitative estimate of drug-likeness (QED) is 0.766. The fourth-order valence-corrected chi connectivity index (χ4v) is 2.52. The second-order valence-corrected chi connectivity index (χ2v) is 5.24. The molecule has 1 aromatic carbocycles. The van der Waals surface area contributed by atoms with Gasteiger partial charge in [-0.25, -0.2) is 0 Å². The molecule has 3 heteroatoms. The van der Waals surface area contributed by atoms with Gasteiger partial charge in [0.1, 0.15) is 0 Å². The number of fused-ring (bicyclic) bond motifs is 1. The summed E-state index contributed by atoms with van der Waals surface area (Å²) >= 11 is 3.43. The summed E-state index contributed by atoms with van der Waals surface area (Å²) in [5.74, 6) is 0.582. The Morgan fingerprint density at radius 3 is 2.67 bits per heavy atom. The molecule has 0 spiro atoms. The number of carbonyl (C=O) groups is 1. The van der Waals surface area contributed by atoms with Gasteiger partial charge in [0.2, 0.25) is 5.91 Å². The summed E-state index contributed by atoms with van der Waals surface area (Å²) in [5, 5.41) is 0. The molecular weight excluding hydrogens is 254 g/mol. The average Bonchev–Trinajstić information content (AvgIpc) is 2.41. The minimum absolute atomic E-state index is 0.0260. The Morgan fingerprint density at radius 1 is 1.40 bits per heavy atom. The largest absolute Gasteiger partial charge is 0.315 e. The van der Waals surface area contributed by atoms with Crippen LogP contribution in [0.5, 0.6) is 0 Å². The van der Waals surface area contributed by atoms with Crippen molar-refractivity contribution in [2.45, 2.75) is 19.8 Å². The third kappa shape index (κ3) is 1.59. The third-order valence-corrected chi connectivity index (χ3v) is 3.45. The van der Waals surface area contributed by atoms with Crippen LogP contribution in [0, 0.1) is 5.92 Å². The second-order valence-electron chi connectivity index (χ2n) is 4.32. The van der Waals surface area contributed by atoms with Gasteiger partial charge in [-0.1, -0.05) is 35.8 Å². The minimum Gasteiger partial charge on any atom is -0.315 e. The molecule has 2 rings (SSSR count). The van der Waals surface area contributed by atoms with E-state index >= 15 is 0 Å². The van der Waals surface area contributed by atoms with Gasteiger partial charge in [-0.3, -0.25) is 4.79 Å². The van der Waals surface area contributed by atoms with Gasteiger partial charge in [-0.2, -0.15) is 0 Å². The lowest BCUT2D eigenvalue weighted by Gasteiger charge is -2.13. The van der Waals surface area contributed by atoms with E-state index in [4.69, 9.17) is 0 Å². The molecule has 0 bridgehead atoms. The highest BCUT2D eigenvalue weighted by Crippen LogP contribution is 2.41. The Hall–Kier alpha value is -0.830. The molecule has 1 aliphatic heterocycles. The molecule has 1 atom stereocenters. The normalized spacial score (nSPS) is 19.9. The first-order valence-electron chi connectivity index (χ1n) is 5.09. The Balaban J connectivity index is 2.55. The molecule has 1 aliphatic rings. The van der Waals surface area contributed by atoms with Crippen molar-refractivity contribution >= 4 is 27.5 Å². The van der Waals surface area contributed by atoms with Crippen LogP contribution in [0.2, 0.25) is 0 Å². The minimum atomic E-state index is 0.0260. The zero-order chi connectivity index (χ0) is 11.2. The summed E-state index contributed by atoms with van der Waals surface area (Å²) in [6.45, 7) is 4.18. The first kappa shape index (κ1) is 10.7. The molecule has 0 fully saturated rings. The SMILES string of the molecule is CC(C)C1C(=O)N(C)c2cc(Br)ccc21. The molecule has 0 aromatic heterocycles. The highest BCUT2D eigenvalue weighted by molar-refractivity contribution is 9.10. The predicted octanol–water partition coefficient (Wildman–Crippen LogP) is 3.17. The summed E-state index contributed by atoms with van der Waals surface area (Å²) in [5.41, 5.74) is 2.19. The van der Waals surface area contributed by atoms with Gasteiger partial charge >= 0.3 is 0 Å². The van der Waals surface area contributed by atoms with E-state index in [0.29, 0.717) is 5.92 Å². The Kier molecular flexibility index (Phi) is 2.59. The number of nitrogens with zero attached hydrogens (tertiary/aromatic N) is 1. The predicted molar refractivity (Wildman–Crippen MR) is 65.1 cm³/mol. The van der Waals surface area contributed by atoms with E-state index in [1.807, 2.05) is 25.2 Å². The van der Waals surface area contributed by atoms with Crippen LogP contribution < -0.4 is 4.90 Å². The van der Waals surface area contributed by atoms with Crippen LogP contribution in [0.4, 0.5) is 5.69 Å². The average molecular weight is 268 g/mol. The van der Waals surface area contributed by atoms with Gasteiger partial charge in [-0.05, 0) is 23.6 Å². The van der Waals surface area contributed by atoms with Gasteiger partial charge in [-0.15, -0.1) is 0 Å². The standard InChI is InChI=1S/C12H14BrNO/c1-7(2)11-9-5-4-8(13)6-10(9)14(3)12(11)15/h4-7,11H,1-3H3. The van der Waals surface area contributed by atoms with Gasteiger partial charge in [0.25, 0.3) is 0 Å². The molecule has 1 unspecified atom stereocenters. The van der Waals surface area contributed by atoms with Crippen LogP contribution in [0.3, 0.4) is 0 Å². The van der Waals surface area contributed by atoms with Crippen LogP contribution >= 0.6 is 15.9 Å². The molecule has 1 amide bonds. The maximum Gasteiger partial charge on any atom is 0.234 e. The molecule has 80 valence electrons. The third-order valence-electron chi connectivity index (χ3n) is 2.95. The first-order chi connectivity index (χ1) is 7.02. The van der Waals surface area contributed by atoms with Gasteiger partial charge < -0.3 is 4.90 Å². The van der Waals surface area contributed by atoms with Crippen molar-refractivity contribution in [1.82, 2.24) is 0 Å². The lowest BCUT2D eigenvalue weighted by atomic mass is 9.90. The van der Waals surface area contributed by atoms with Crippen LogP contribution in [0.25, 0.3) is 0 Å². The molecule has 0 saturated carbocycles. The summed E-state index contributed by atoms with van der Waals surface area (Å²) in [6.07, 6.45) is 0. The van der Waals surface area contributed by atoms with Gasteiger partial charge in [0, 0.05) is 17.2 Å². The van der Waals surface area contributed by atoms with Crippen molar-refractivity contribution in [1.29, 1.82) is 0 Å². The van der Waals surface area contributed by atoms with Crippen LogP contribution in [0.15, 0.2) is 22.7 Å². The molecule has 15 heavy (non-hydrogen) atoms. The van der Waals surface area contributed by atoms with E-state index in [2.05, 4.69) is 29.8 Å². The van der Waals surface area contributed by atoms with Crippen LogP contribution in [-0.4, -0.2) is 13.0 Å². The molecule has 1 aromatic rings. The lowest BCUT2D eigenvalue weighted by molar-refractivity contribution is -0.119. The van der Waals surface area contributed by atoms with Crippen molar-refractivity contribution in [3.05, 3.63) is 28.2 Å². The zero-order valence-electron chi connectivity index (χ0n) is 9.12. The van der Waals surface area contributed by atoms with Gasteiger partial charge in [0.05, 0.1) is 5.92 Å². The van der Waals surface area contributed by atoms with Crippen LogP contribution in [0.1, 0.15) is 25.3 Å². The molecule has 0 saturated heterocycles. The van der Waals surface area contributed by atoms with Crippen molar-refractivity contribution in [2.24, 2.45) is 5.92 Å². The van der Waals surface area contributed by atoms with Crippen molar-refractivity contribution in [2.75, 3.05) is 11.9 Å². The van der Waals surface area contributed by atoms with E-state index in [-0.39, 0.29) is 11.8 Å². The molecule has 2 nitrogen and oxygen atoms in total. The van der Waals surface area contributed by atoms with Crippen molar-refractivity contribution in [3.63, 3.8) is 0 Å². The Bertz CT molecular complexity index is 414. The fourth-order valence-electron chi connectivity index (χ4n) is 2.17. The molecular formula is C12H14BrNO. The number of likely N-dealkylation sites (N-methyl/N-ethyl adjacent to an activating group) is 1. The monoisotopic (exact) mass is 267 g/mol. The molecule has 0 aliphatic carbocycles. The number of benzene rings is 1. The van der Waals surface area contributed by atoms with Crippen molar-refractivity contribution < 1.29 is 4.79 Å². The smallest absolute Gasteiger partial charge is 0.234 e. The Labute approximate surface area is 98.4 Å². The topological polar surface area (TPSA) is 20.3 Å². The van der Waals surface area contributed by atoms with Crippen LogP contribution in [-0.2, 0) is 4.79 Å². The number of hydrogen-bond donors (Lipinski definition) is 0. The lowest BCUT2D eigenvalue weighted by Crippen LogP contribution is -2.26. The number of anilines is 1. The van der Waals surface area contributed by atoms with Crippen molar-refractivity contribution in [3.8, 4) is 0 Å². The number of amides is 1. The van der Waals surface area contributed by atoms with E-state index < -0.39 is 0 Å². The highest BCUT2D eigenvalue weighted by Gasteiger charge is 2.36. The summed E-state index contributed by atoms with van der Waals surface area (Å²) in [6, 6.07) is 6.06. The fraction of sp³-hybridized carbons (Fsp3) is 0.417. The summed E-state index contributed by atoms with van der Waals surface area (Å²) in [4.78, 5) is 13.8. The van der Waals surface area contributed by atoms with E-state index in [1.54, 1.807) is 4.90 Å². The van der Waals surface area contributed by atoms with E-state index in [1.165, 1.54) is 0 Å². The number of carbonyl (C=O) groups excluding carboxylic acids is 1. The second kappa shape index (κ2) is 3.63. The van der Waals surface area contributed by atoms with E-state index in [0.717, 1.165) is 15.7 Å². The van der Waals surface area contributed by atoms with E-state index in [9.17, 15) is 4.79 Å². The Morgan fingerprint density at radius 2 is 2.07 bits per heavy atom. The maximum absolute atomic E-state index is 12.0.